The molecule has 0 saturated heterocycles. The van der Waals surface area contributed by atoms with Gasteiger partial charge in [-0.25, -0.2) is 4.68 Å². The Morgan fingerprint density at radius 1 is 1.10 bits per heavy atom. The third-order valence-electron chi connectivity index (χ3n) is 3.02. The number of nitrogens with zero attached hydrogens (tertiary/aromatic N) is 5. The maximum Gasteiger partial charge on any atom is 0.256 e. The highest BCUT2D eigenvalue weighted by atomic mass is 32.2. The highest BCUT2D eigenvalue weighted by Gasteiger charge is 2.08. The van der Waals surface area contributed by atoms with Crippen molar-refractivity contribution in [1.29, 1.82) is 0 Å². The molecule has 2 aromatic heterocycles. The molecule has 7 heteroatoms. The molecule has 6 nitrogen and oxygen atoms in total. The van der Waals surface area contributed by atoms with E-state index in [2.05, 4.69) is 46.0 Å². The summed E-state index contributed by atoms with van der Waals surface area (Å²) in [6.07, 6.45) is 3.43. The summed E-state index contributed by atoms with van der Waals surface area (Å²) >= 11 is 1.45. The summed E-state index contributed by atoms with van der Waals surface area (Å²) in [5.74, 6) is 0.598. The second-order valence-electron chi connectivity index (χ2n) is 4.57. The molecule has 0 aliphatic rings. The first-order valence-electron chi connectivity index (χ1n) is 6.38. The van der Waals surface area contributed by atoms with Crippen molar-refractivity contribution in [1.82, 2.24) is 24.7 Å². The standard InChI is InChI=1S/C14H14N6S/c1-9-4-5-11(8-10(9)2)21-14-18-12(15)17-13(19-14)20-7-3-6-16-20/h3-8H,1-2H3,(H2,15,17,18,19). The molecule has 0 atom stereocenters. The molecule has 1 aromatic carbocycles. The average molecular weight is 298 g/mol. The Labute approximate surface area is 126 Å². The number of benzene rings is 1. The summed E-state index contributed by atoms with van der Waals surface area (Å²) in [6, 6.07) is 8.03. The van der Waals surface area contributed by atoms with E-state index in [1.54, 1.807) is 23.1 Å². The number of nitrogen functional groups attached to an aromatic ring is 1. The van der Waals surface area contributed by atoms with Crippen LogP contribution in [0.1, 0.15) is 11.1 Å². The van der Waals surface area contributed by atoms with Gasteiger partial charge in [0.05, 0.1) is 0 Å². The fraction of sp³-hybridized carbons (Fsp3) is 0.143. The van der Waals surface area contributed by atoms with Crippen molar-refractivity contribution in [3.05, 3.63) is 47.8 Å². The van der Waals surface area contributed by atoms with E-state index in [-0.39, 0.29) is 5.95 Å². The zero-order chi connectivity index (χ0) is 14.8. The van der Waals surface area contributed by atoms with Crippen molar-refractivity contribution >= 4 is 17.7 Å². The molecule has 0 amide bonds. The molecule has 0 aliphatic carbocycles. The number of nitrogens with two attached hydrogens (primary N) is 1. The Bertz CT molecular complexity index is 769. The van der Waals surface area contributed by atoms with Crippen molar-refractivity contribution in [2.24, 2.45) is 0 Å². The molecule has 3 aromatic rings. The summed E-state index contributed by atoms with van der Waals surface area (Å²) in [5.41, 5.74) is 8.24. The van der Waals surface area contributed by atoms with Gasteiger partial charge in [-0.3, -0.25) is 0 Å². The van der Waals surface area contributed by atoms with Crippen LogP contribution in [0.5, 0.6) is 0 Å². The Balaban J connectivity index is 1.93. The molecule has 106 valence electrons. The number of hydrogen-bond donors (Lipinski definition) is 1. The van der Waals surface area contributed by atoms with Gasteiger partial charge in [-0.2, -0.15) is 20.1 Å². The Morgan fingerprint density at radius 3 is 2.67 bits per heavy atom. The van der Waals surface area contributed by atoms with Crippen LogP contribution in [0.2, 0.25) is 0 Å². The van der Waals surface area contributed by atoms with Crippen molar-refractivity contribution in [2.75, 3.05) is 5.73 Å². The van der Waals surface area contributed by atoms with Crippen LogP contribution in [0.4, 0.5) is 5.95 Å². The van der Waals surface area contributed by atoms with Gasteiger partial charge in [0.25, 0.3) is 5.95 Å². The van der Waals surface area contributed by atoms with Crippen LogP contribution < -0.4 is 5.73 Å². The lowest BCUT2D eigenvalue weighted by molar-refractivity contribution is 0.764. The van der Waals surface area contributed by atoms with Crippen LogP contribution in [0, 0.1) is 13.8 Å². The maximum absolute atomic E-state index is 5.76. The quantitative estimate of drug-likeness (QED) is 0.799. The fourth-order valence-corrected chi connectivity index (χ4v) is 2.63. The van der Waals surface area contributed by atoms with Crippen LogP contribution in [0.3, 0.4) is 0 Å². The summed E-state index contributed by atoms with van der Waals surface area (Å²) in [4.78, 5) is 13.7. The number of hydrogen-bond acceptors (Lipinski definition) is 6. The van der Waals surface area contributed by atoms with Crippen LogP contribution >= 0.6 is 11.8 Å². The van der Waals surface area contributed by atoms with E-state index in [9.17, 15) is 0 Å². The van der Waals surface area contributed by atoms with Gasteiger partial charge in [-0.05, 0) is 54.9 Å². The summed E-state index contributed by atoms with van der Waals surface area (Å²) < 4.78 is 1.56. The summed E-state index contributed by atoms with van der Waals surface area (Å²) in [7, 11) is 0. The number of rotatable bonds is 3. The van der Waals surface area contributed by atoms with Crippen molar-refractivity contribution in [3.63, 3.8) is 0 Å². The second kappa shape index (κ2) is 5.53. The minimum Gasteiger partial charge on any atom is -0.368 e. The van der Waals surface area contributed by atoms with E-state index >= 15 is 0 Å². The van der Waals surface area contributed by atoms with E-state index in [4.69, 9.17) is 5.73 Å². The highest BCUT2D eigenvalue weighted by Crippen LogP contribution is 2.27. The minimum atomic E-state index is 0.182. The first-order chi connectivity index (χ1) is 10.1. The molecule has 3 rings (SSSR count). The third-order valence-corrected chi connectivity index (χ3v) is 3.87. The van der Waals surface area contributed by atoms with Crippen molar-refractivity contribution in [2.45, 2.75) is 23.9 Å². The van der Waals surface area contributed by atoms with Gasteiger partial charge in [-0.15, -0.1) is 0 Å². The molecule has 0 aliphatic heterocycles. The molecule has 2 heterocycles. The van der Waals surface area contributed by atoms with Gasteiger partial charge in [0.2, 0.25) is 5.95 Å². The Hall–Kier alpha value is -2.41. The van der Waals surface area contributed by atoms with Crippen LogP contribution in [-0.2, 0) is 0 Å². The van der Waals surface area contributed by atoms with E-state index in [0.29, 0.717) is 11.1 Å². The molecule has 0 radical (unpaired) electrons. The summed E-state index contributed by atoms with van der Waals surface area (Å²) in [6.45, 7) is 4.16. The minimum absolute atomic E-state index is 0.182. The number of anilines is 1. The lowest BCUT2D eigenvalue weighted by atomic mass is 10.1. The van der Waals surface area contributed by atoms with Crippen molar-refractivity contribution < 1.29 is 0 Å². The highest BCUT2D eigenvalue weighted by molar-refractivity contribution is 7.99. The van der Waals surface area contributed by atoms with Gasteiger partial charge in [-0.1, -0.05) is 6.07 Å². The van der Waals surface area contributed by atoms with Gasteiger partial charge < -0.3 is 5.73 Å². The smallest absolute Gasteiger partial charge is 0.256 e. The Kier molecular flexibility index (Phi) is 3.57. The molecular weight excluding hydrogens is 284 g/mol. The van der Waals surface area contributed by atoms with Crippen LogP contribution in [0.25, 0.3) is 5.95 Å². The first-order valence-corrected chi connectivity index (χ1v) is 7.20. The average Bonchev–Trinajstić information content (AvgIpc) is 2.96. The molecular formula is C14H14N6S. The third kappa shape index (κ3) is 3.03. The maximum atomic E-state index is 5.76. The lowest BCUT2D eigenvalue weighted by Gasteiger charge is -2.06. The molecule has 0 spiro atoms. The van der Waals surface area contributed by atoms with Gasteiger partial charge in [0.1, 0.15) is 0 Å². The van der Waals surface area contributed by atoms with Gasteiger partial charge >= 0.3 is 0 Å². The molecule has 0 bridgehead atoms. The monoisotopic (exact) mass is 298 g/mol. The fourth-order valence-electron chi connectivity index (χ4n) is 1.78. The molecule has 2 N–H and O–H groups in total. The van der Waals surface area contributed by atoms with Crippen LogP contribution in [0.15, 0.2) is 46.7 Å². The second-order valence-corrected chi connectivity index (χ2v) is 5.62. The van der Waals surface area contributed by atoms with E-state index in [0.717, 1.165) is 4.90 Å². The van der Waals surface area contributed by atoms with Gasteiger partial charge in [0, 0.05) is 17.3 Å². The topological polar surface area (TPSA) is 82.5 Å². The zero-order valence-corrected chi connectivity index (χ0v) is 12.5. The zero-order valence-electron chi connectivity index (χ0n) is 11.7. The van der Waals surface area contributed by atoms with E-state index < -0.39 is 0 Å². The molecule has 21 heavy (non-hydrogen) atoms. The molecule has 0 unspecified atom stereocenters. The first kappa shape index (κ1) is 13.6. The molecule has 0 saturated carbocycles. The van der Waals surface area contributed by atoms with Crippen molar-refractivity contribution in [3.8, 4) is 5.95 Å². The predicted molar refractivity (Wildman–Crippen MR) is 81.4 cm³/mol. The number of aryl methyl sites for hydroxylation is 2. The van der Waals surface area contributed by atoms with E-state index in [1.807, 2.05) is 6.07 Å². The number of aromatic nitrogens is 5. The van der Waals surface area contributed by atoms with Gasteiger partial charge in [0.15, 0.2) is 5.16 Å². The summed E-state index contributed by atoms with van der Waals surface area (Å²) in [5, 5.41) is 4.65. The lowest BCUT2D eigenvalue weighted by Crippen LogP contribution is -2.07. The molecule has 0 fully saturated rings. The SMILES string of the molecule is Cc1ccc(Sc2nc(N)nc(-n3cccn3)n2)cc1C. The normalized spacial score (nSPS) is 10.8. The Morgan fingerprint density at radius 2 is 1.95 bits per heavy atom. The van der Waals surface area contributed by atoms with E-state index in [1.165, 1.54) is 22.9 Å². The van der Waals surface area contributed by atoms with Crippen LogP contribution in [-0.4, -0.2) is 24.7 Å². The predicted octanol–water partition coefficient (Wildman–Crippen LogP) is 2.41. The largest absolute Gasteiger partial charge is 0.368 e.